The zero-order valence-electron chi connectivity index (χ0n) is 32.2. The summed E-state index contributed by atoms with van der Waals surface area (Å²) in [6.07, 6.45) is 10.2. The van der Waals surface area contributed by atoms with Gasteiger partial charge >= 0.3 is 21.1 Å². The molecule has 0 saturated carbocycles. The summed E-state index contributed by atoms with van der Waals surface area (Å²) in [5.41, 5.74) is 11.8. The molecule has 274 valence electrons. The molecule has 7 aromatic rings. The number of aryl methyl sites for hydroxylation is 2. The minimum Gasteiger partial charge on any atom is -0.509 e. The Bertz CT molecular complexity index is 2330. The van der Waals surface area contributed by atoms with E-state index in [0.717, 1.165) is 64.6 Å². The molecule has 6 heteroatoms. The van der Waals surface area contributed by atoms with Crippen molar-refractivity contribution in [1.82, 2.24) is 19.3 Å². The van der Waals surface area contributed by atoms with Crippen LogP contribution in [0.4, 0.5) is 0 Å². The molecule has 0 aliphatic rings. The fraction of sp³-hybridized carbons (Fsp3) is 0.319. The van der Waals surface area contributed by atoms with Crippen LogP contribution in [0.1, 0.15) is 101 Å². The molecule has 0 atom stereocenters. The standard InChI is InChI=1S/C47H50N4O.Pt/c1-9-10-13-34-23-37(50-29-36(28-49-50)47-42(31(4)5)21-33(8)22-43(47)32(6)7)26-39(24-34)52-38-16-17-41-40-14-11-12-15-44(40)51(45(41)27-38)46-25-35(18-19-48-46)20-30(2)3;/h11-12,14-19,21-25,28-32H,9-10,13,20H2,1-8H3;/q-2;+2. The summed E-state index contributed by atoms with van der Waals surface area (Å²) in [6, 6.07) is 33.1. The molecule has 0 aliphatic carbocycles. The van der Waals surface area contributed by atoms with Crippen LogP contribution in [0, 0.1) is 25.0 Å². The van der Waals surface area contributed by atoms with E-state index in [1.165, 1.54) is 33.4 Å². The summed E-state index contributed by atoms with van der Waals surface area (Å²) >= 11 is 0. The second kappa shape index (κ2) is 16.3. The van der Waals surface area contributed by atoms with Crippen molar-refractivity contribution in [2.45, 2.75) is 92.9 Å². The van der Waals surface area contributed by atoms with Crippen LogP contribution >= 0.6 is 0 Å². The molecule has 3 heterocycles. The van der Waals surface area contributed by atoms with Crippen molar-refractivity contribution < 1.29 is 25.8 Å². The van der Waals surface area contributed by atoms with Gasteiger partial charge in [-0.1, -0.05) is 109 Å². The number of para-hydroxylation sites is 1. The fourth-order valence-corrected chi connectivity index (χ4v) is 7.43. The van der Waals surface area contributed by atoms with Crippen LogP contribution in [0.2, 0.25) is 0 Å². The van der Waals surface area contributed by atoms with Gasteiger partial charge in [0.25, 0.3) is 0 Å². The Kier molecular flexibility index (Phi) is 11.7. The smallest absolute Gasteiger partial charge is 0.509 e. The monoisotopic (exact) mass is 881 g/mol. The predicted molar refractivity (Wildman–Crippen MR) is 215 cm³/mol. The van der Waals surface area contributed by atoms with Crippen LogP contribution in [0.25, 0.3) is 44.4 Å². The quantitative estimate of drug-likeness (QED) is 0.115. The van der Waals surface area contributed by atoms with Crippen LogP contribution < -0.4 is 4.74 Å². The largest absolute Gasteiger partial charge is 2.00 e. The van der Waals surface area contributed by atoms with Crippen LogP contribution in [0.15, 0.2) is 91.4 Å². The molecular formula is C47H50N4OPt. The van der Waals surface area contributed by atoms with Crippen molar-refractivity contribution in [3.05, 3.63) is 131 Å². The van der Waals surface area contributed by atoms with Crippen LogP contribution in [-0.4, -0.2) is 19.3 Å². The van der Waals surface area contributed by atoms with E-state index in [2.05, 4.69) is 145 Å². The predicted octanol–water partition coefficient (Wildman–Crippen LogP) is 12.5. The van der Waals surface area contributed by atoms with Crippen molar-refractivity contribution in [1.29, 1.82) is 0 Å². The average Bonchev–Trinajstić information content (AvgIpc) is 3.73. The first-order chi connectivity index (χ1) is 25.1. The number of benzene rings is 4. The second-order valence-electron chi connectivity index (χ2n) is 15.3. The number of fused-ring (bicyclic) bond motifs is 3. The molecule has 0 unspecified atom stereocenters. The molecule has 53 heavy (non-hydrogen) atoms. The van der Waals surface area contributed by atoms with Gasteiger partial charge in [-0.2, -0.15) is 16.7 Å². The van der Waals surface area contributed by atoms with Crippen molar-refractivity contribution in [3.63, 3.8) is 0 Å². The third-order valence-corrected chi connectivity index (χ3v) is 9.87. The third kappa shape index (κ3) is 8.06. The number of pyridine rings is 1. The summed E-state index contributed by atoms with van der Waals surface area (Å²) in [4.78, 5) is 4.83. The Morgan fingerprint density at radius 1 is 0.792 bits per heavy atom. The first-order valence-corrected chi connectivity index (χ1v) is 18.9. The third-order valence-electron chi connectivity index (χ3n) is 9.87. The summed E-state index contributed by atoms with van der Waals surface area (Å²) in [7, 11) is 0. The van der Waals surface area contributed by atoms with Gasteiger partial charge in [-0.25, -0.2) is 4.98 Å². The number of nitrogens with zero attached hydrogens (tertiary/aromatic N) is 4. The molecule has 0 amide bonds. The summed E-state index contributed by atoms with van der Waals surface area (Å²) in [6.45, 7) is 18.0. The molecule has 0 bridgehead atoms. The van der Waals surface area contributed by atoms with Gasteiger partial charge in [-0.3, -0.25) is 4.68 Å². The maximum absolute atomic E-state index is 6.65. The van der Waals surface area contributed by atoms with Crippen molar-refractivity contribution in [3.8, 4) is 34.1 Å². The number of aromatic nitrogens is 4. The normalized spacial score (nSPS) is 11.7. The van der Waals surface area contributed by atoms with Gasteiger partial charge in [0.05, 0.1) is 6.20 Å². The van der Waals surface area contributed by atoms with Gasteiger partial charge < -0.3 is 9.30 Å². The van der Waals surface area contributed by atoms with Gasteiger partial charge in [-0.05, 0) is 82.6 Å². The topological polar surface area (TPSA) is 44.9 Å². The molecule has 7 rings (SSSR count). The zero-order chi connectivity index (χ0) is 36.5. The van der Waals surface area contributed by atoms with Crippen LogP contribution in [-0.2, 0) is 33.9 Å². The van der Waals surface area contributed by atoms with Gasteiger partial charge in [-0.15, -0.1) is 35.7 Å². The Balaban J connectivity index is 0.00000481. The molecule has 0 N–H and O–H groups in total. The van der Waals surface area contributed by atoms with Crippen LogP contribution in [0.5, 0.6) is 11.5 Å². The number of ether oxygens (including phenoxy) is 1. The van der Waals surface area contributed by atoms with E-state index in [1.807, 2.05) is 23.1 Å². The van der Waals surface area contributed by atoms with E-state index in [-0.39, 0.29) is 21.1 Å². The molecule has 0 fully saturated rings. The maximum atomic E-state index is 6.65. The van der Waals surface area contributed by atoms with Gasteiger partial charge in [0.1, 0.15) is 5.82 Å². The number of unbranched alkanes of at least 4 members (excludes halogenated alkanes) is 1. The van der Waals surface area contributed by atoms with Gasteiger partial charge in [0.15, 0.2) is 0 Å². The van der Waals surface area contributed by atoms with E-state index in [0.29, 0.717) is 29.3 Å². The average molecular weight is 882 g/mol. The van der Waals surface area contributed by atoms with E-state index >= 15 is 0 Å². The van der Waals surface area contributed by atoms with Crippen molar-refractivity contribution in [2.75, 3.05) is 0 Å². The fourth-order valence-electron chi connectivity index (χ4n) is 7.43. The molecule has 0 aliphatic heterocycles. The van der Waals surface area contributed by atoms with Gasteiger partial charge in [0, 0.05) is 35.0 Å². The minimum absolute atomic E-state index is 0. The SMILES string of the molecule is CCCCc1cc(Oc2[c-]c3c(cc2)c2ccccc2n3-c2cc(CC(C)C)ccn2)[c-]c(-n2cc(-c3c(C(C)C)cc(C)cc3C(C)C)cn2)c1.[Pt+2]. The summed E-state index contributed by atoms with van der Waals surface area (Å²) in [5.74, 6) is 3.52. The summed E-state index contributed by atoms with van der Waals surface area (Å²) in [5, 5.41) is 7.18. The Hall–Kier alpha value is -4.47. The number of rotatable bonds is 12. The van der Waals surface area contributed by atoms with Crippen LogP contribution in [0.3, 0.4) is 0 Å². The van der Waals surface area contributed by atoms with E-state index in [1.54, 1.807) is 0 Å². The number of hydrogen-bond donors (Lipinski definition) is 0. The van der Waals surface area contributed by atoms with E-state index in [9.17, 15) is 0 Å². The Morgan fingerprint density at radius 2 is 1.55 bits per heavy atom. The number of hydrogen-bond acceptors (Lipinski definition) is 3. The van der Waals surface area contributed by atoms with Crippen molar-refractivity contribution in [2.24, 2.45) is 5.92 Å². The Labute approximate surface area is 329 Å². The molecule has 4 aromatic carbocycles. The molecule has 5 nitrogen and oxygen atoms in total. The first-order valence-electron chi connectivity index (χ1n) is 18.9. The van der Waals surface area contributed by atoms with Crippen molar-refractivity contribution >= 4 is 21.8 Å². The Morgan fingerprint density at radius 3 is 2.26 bits per heavy atom. The molecule has 3 aromatic heterocycles. The zero-order valence-corrected chi connectivity index (χ0v) is 34.5. The minimum atomic E-state index is 0. The maximum Gasteiger partial charge on any atom is 2.00 e. The van der Waals surface area contributed by atoms with E-state index in [4.69, 9.17) is 14.8 Å². The molecule has 0 saturated heterocycles. The summed E-state index contributed by atoms with van der Waals surface area (Å²) < 4.78 is 10.8. The molecular weight excluding hydrogens is 832 g/mol. The molecule has 0 radical (unpaired) electrons. The second-order valence-corrected chi connectivity index (χ2v) is 15.3. The first kappa shape index (κ1) is 38.3. The van der Waals surface area contributed by atoms with E-state index < -0.39 is 0 Å². The molecule has 0 spiro atoms. The van der Waals surface area contributed by atoms with Gasteiger partial charge in [0.2, 0.25) is 0 Å².